The van der Waals surface area contributed by atoms with Crippen LogP contribution in [0.5, 0.6) is 5.75 Å². The number of phenols is 1. The Morgan fingerprint density at radius 1 is 1.37 bits per heavy atom. The number of aromatic hydroxyl groups is 1. The van der Waals surface area contributed by atoms with Crippen molar-refractivity contribution < 1.29 is 5.11 Å². The molecule has 0 fully saturated rings. The molecule has 0 bridgehead atoms. The second kappa shape index (κ2) is 5.99. The van der Waals surface area contributed by atoms with E-state index in [2.05, 4.69) is 33.9 Å². The van der Waals surface area contributed by atoms with Crippen molar-refractivity contribution >= 4 is 11.9 Å². The summed E-state index contributed by atoms with van der Waals surface area (Å²) in [7, 11) is 0. The van der Waals surface area contributed by atoms with Crippen LogP contribution in [0.1, 0.15) is 19.4 Å². The second-order valence-electron chi connectivity index (χ2n) is 3.98. The highest BCUT2D eigenvalue weighted by Crippen LogP contribution is 2.23. The van der Waals surface area contributed by atoms with E-state index in [1.54, 1.807) is 12.3 Å². The van der Waals surface area contributed by atoms with Gasteiger partial charge in [0.2, 0.25) is 0 Å². The Labute approximate surface area is 112 Å². The van der Waals surface area contributed by atoms with Crippen molar-refractivity contribution in [3.63, 3.8) is 0 Å². The van der Waals surface area contributed by atoms with Crippen molar-refractivity contribution in [3.8, 4) is 5.75 Å². The molecular formula is C13H17N5O. The first kappa shape index (κ1) is 13.1. The fourth-order valence-electron chi connectivity index (χ4n) is 1.81. The summed E-state index contributed by atoms with van der Waals surface area (Å²) in [6.07, 6.45) is 4.44. The van der Waals surface area contributed by atoms with Gasteiger partial charge in [0.15, 0.2) is 0 Å². The van der Waals surface area contributed by atoms with Crippen LogP contribution in [-0.2, 0) is 0 Å². The summed E-state index contributed by atoms with van der Waals surface area (Å²) in [5.74, 6) is 0.202. The molecule has 1 aromatic heterocycles. The van der Waals surface area contributed by atoms with Crippen LogP contribution in [0.2, 0.25) is 0 Å². The maximum Gasteiger partial charge on any atom is 0.139 e. The van der Waals surface area contributed by atoms with Gasteiger partial charge in [0.25, 0.3) is 0 Å². The molecule has 2 aromatic rings. The van der Waals surface area contributed by atoms with Crippen molar-refractivity contribution in [2.45, 2.75) is 13.8 Å². The van der Waals surface area contributed by atoms with Crippen molar-refractivity contribution in [2.75, 3.05) is 18.0 Å². The number of benzene rings is 1. The Hall–Kier alpha value is -2.37. The third-order valence-electron chi connectivity index (χ3n) is 2.86. The highest BCUT2D eigenvalue weighted by atomic mass is 16.3. The molecule has 100 valence electrons. The number of anilines is 1. The number of hydrogen-bond acceptors (Lipinski definition) is 5. The molecule has 0 aliphatic heterocycles. The van der Waals surface area contributed by atoms with Gasteiger partial charge in [-0.15, -0.1) is 9.89 Å². The molecule has 1 aromatic carbocycles. The Morgan fingerprint density at radius 2 is 2.16 bits per heavy atom. The zero-order valence-electron chi connectivity index (χ0n) is 11.1. The molecule has 0 atom stereocenters. The molecule has 0 saturated carbocycles. The quantitative estimate of drug-likeness (QED) is 0.830. The molecule has 0 radical (unpaired) electrons. The molecule has 0 aliphatic carbocycles. The van der Waals surface area contributed by atoms with Crippen molar-refractivity contribution in [1.82, 2.24) is 14.9 Å². The summed E-state index contributed by atoms with van der Waals surface area (Å²) in [6, 6.07) is 5.55. The van der Waals surface area contributed by atoms with Gasteiger partial charge in [-0.05, 0) is 26.0 Å². The summed E-state index contributed by atoms with van der Waals surface area (Å²) in [4.78, 5) is 7.28. The van der Waals surface area contributed by atoms with E-state index in [0.29, 0.717) is 5.56 Å². The first-order valence-electron chi connectivity index (χ1n) is 6.21. The number of aromatic nitrogens is 3. The van der Waals surface area contributed by atoms with E-state index in [9.17, 15) is 5.11 Å². The van der Waals surface area contributed by atoms with E-state index in [0.717, 1.165) is 18.8 Å². The van der Waals surface area contributed by atoms with Crippen LogP contribution in [0, 0.1) is 0 Å². The van der Waals surface area contributed by atoms with Crippen LogP contribution in [0.25, 0.3) is 0 Å². The molecule has 6 heteroatoms. The highest BCUT2D eigenvalue weighted by molar-refractivity contribution is 5.84. The van der Waals surface area contributed by atoms with Gasteiger partial charge < -0.3 is 10.0 Å². The fraction of sp³-hybridized carbons (Fsp3) is 0.308. The molecule has 2 rings (SSSR count). The predicted octanol–water partition coefficient (Wildman–Crippen LogP) is 1.71. The number of rotatable bonds is 5. The Balaban J connectivity index is 2.20. The normalized spacial score (nSPS) is 11.1. The third kappa shape index (κ3) is 3.09. The van der Waals surface area contributed by atoms with Gasteiger partial charge in [0, 0.05) is 30.4 Å². The minimum Gasteiger partial charge on any atom is -0.507 e. The zero-order chi connectivity index (χ0) is 13.7. The molecule has 1 N–H and O–H groups in total. The summed E-state index contributed by atoms with van der Waals surface area (Å²) in [5, 5.41) is 17.9. The number of hydrogen-bond donors (Lipinski definition) is 1. The molecule has 6 nitrogen and oxygen atoms in total. The molecule has 0 amide bonds. The van der Waals surface area contributed by atoms with Crippen molar-refractivity contribution in [1.29, 1.82) is 0 Å². The number of nitrogens with zero attached hydrogens (tertiary/aromatic N) is 5. The lowest BCUT2D eigenvalue weighted by atomic mass is 10.2. The average Bonchev–Trinajstić information content (AvgIpc) is 2.92. The molecular weight excluding hydrogens is 242 g/mol. The van der Waals surface area contributed by atoms with E-state index in [1.165, 1.54) is 17.4 Å². The summed E-state index contributed by atoms with van der Waals surface area (Å²) < 4.78 is 0. The summed E-state index contributed by atoms with van der Waals surface area (Å²) >= 11 is 0. The highest BCUT2D eigenvalue weighted by Gasteiger charge is 2.05. The smallest absolute Gasteiger partial charge is 0.139 e. The molecule has 1 heterocycles. The van der Waals surface area contributed by atoms with Crippen LogP contribution < -0.4 is 4.90 Å². The lowest BCUT2D eigenvalue weighted by Crippen LogP contribution is -2.21. The van der Waals surface area contributed by atoms with E-state index in [4.69, 9.17) is 0 Å². The minimum absolute atomic E-state index is 0.202. The van der Waals surface area contributed by atoms with E-state index in [1.807, 2.05) is 12.1 Å². The first-order chi connectivity index (χ1) is 9.24. The van der Waals surface area contributed by atoms with Gasteiger partial charge in [-0.2, -0.15) is 5.10 Å². The topological polar surface area (TPSA) is 66.5 Å². The van der Waals surface area contributed by atoms with E-state index in [-0.39, 0.29) is 5.75 Å². The third-order valence-corrected chi connectivity index (χ3v) is 2.86. The zero-order valence-corrected chi connectivity index (χ0v) is 11.1. The predicted molar refractivity (Wildman–Crippen MR) is 74.7 cm³/mol. The van der Waals surface area contributed by atoms with Gasteiger partial charge in [-0.1, -0.05) is 0 Å². The van der Waals surface area contributed by atoms with Gasteiger partial charge in [0.1, 0.15) is 18.4 Å². The van der Waals surface area contributed by atoms with Crippen LogP contribution in [0.4, 0.5) is 5.69 Å². The van der Waals surface area contributed by atoms with Crippen molar-refractivity contribution in [3.05, 3.63) is 36.4 Å². The van der Waals surface area contributed by atoms with Gasteiger partial charge in [0.05, 0.1) is 6.21 Å². The number of phenolic OH excluding ortho intramolecular Hbond substituents is 1. The standard InChI is InChI=1S/C13H17N5O/c1-3-17(4-2)12-6-5-11(13(19)7-12)8-15-18-10-14-9-16-18/h5-10,19H,3-4H2,1-2H3/b15-8+. The summed E-state index contributed by atoms with van der Waals surface area (Å²) in [6.45, 7) is 5.98. The van der Waals surface area contributed by atoms with Crippen LogP contribution in [-0.4, -0.2) is 39.3 Å². The van der Waals surface area contributed by atoms with Gasteiger partial charge in [-0.25, -0.2) is 4.98 Å². The van der Waals surface area contributed by atoms with Crippen LogP contribution in [0.15, 0.2) is 36.0 Å². The monoisotopic (exact) mass is 259 g/mol. The van der Waals surface area contributed by atoms with Crippen LogP contribution >= 0.6 is 0 Å². The van der Waals surface area contributed by atoms with Gasteiger partial charge >= 0.3 is 0 Å². The molecule has 0 saturated heterocycles. The fourth-order valence-corrected chi connectivity index (χ4v) is 1.81. The summed E-state index contributed by atoms with van der Waals surface area (Å²) in [5.41, 5.74) is 1.65. The van der Waals surface area contributed by atoms with Crippen molar-refractivity contribution in [2.24, 2.45) is 5.10 Å². The maximum atomic E-state index is 10.00. The first-order valence-corrected chi connectivity index (χ1v) is 6.21. The second-order valence-corrected chi connectivity index (χ2v) is 3.98. The molecule has 0 spiro atoms. The minimum atomic E-state index is 0.202. The largest absolute Gasteiger partial charge is 0.507 e. The maximum absolute atomic E-state index is 10.00. The van der Waals surface area contributed by atoms with Crippen LogP contribution in [0.3, 0.4) is 0 Å². The Kier molecular flexibility index (Phi) is 4.12. The molecule has 19 heavy (non-hydrogen) atoms. The lowest BCUT2D eigenvalue weighted by molar-refractivity contribution is 0.474. The Bertz CT molecular complexity index is 546. The lowest BCUT2D eigenvalue weighted by Gasteiger charge is -2.21. The Morgan fingerprint density at radius 3 is 2.74 bits per heavy atom. The molecule has 0 unspecified atom stereocenters. The SMILES string of the molecule is CCN(CC)c1ccc(/C=N/n2cncn2)c(O)c1. The van der Waals surface area contributed by atoms with E-state index >= 15 is 0 Å². The van der Waals surface area contributed by atoms with E-state index < -0.39 is 0 Å². The molecule has 0 aliphatic rings. The average molecular weight is 259 g/mol. The van der Waals surface area contributed by atoms with Gasteiger partial charge in [-0.3, -0.25) is 0 Å².